The van der Waals surface area contributed by atoms with E-state index in [-0.39, 0.29) is 23.6 Å². The van der Waals surface area contributed by atoms with Crippen molar-refractivity contribution in [1.29, 1.82) is 5.26 Å². The van der Waals surface area contributed by atoms with Crippen molar-refractivity contribution in [3.8, 4) is 6.07 Å². The summed E-state index contributed by atoms with van der Waals surface area (Å²) in [6.45, 7) is 3.30. The Morgan fingerprint density at radius 3 is 2.65 bits per heavy atom. The maximum absolute atomic E-state index is 13.8. The molecule has 1 fully saturated rings. The van der Waals surface area contributed by atoms with Crippen LogP contribution in [0.3, 0.4) is 0 Å². The molecule has 0 bridgehead atoms. The van der Waals surface area contributed by atoms with Crippen molar-refractivity contribution in [2.24, 2.45) is 0 Å². The van der Waals surface area contributed by atoms with Crippen LogP contribution in [-0.2, 0) is 11.3 Å². The Hall–Kier alpha value is -2.42. The van der Waals surface area contributed by atoms with E-state index in [1.165, 1.54) is 12.1 Å². The number of amides is 3. The van der Waals surface area contributed by atoms with Gasteiger partial charge in [-0.15, -0.1) is 0 Å². The second-order valence-corrected chi connectivity index (χ2v) is 4.93. The fraction of sp³-hybridized carbons (Fsp3) is 0.357. The third-order valence-corrected chi connectivity index (χ3v) is 3.56. The lowest BCUT2D eigenvalue weighted by Gasteiger charge is -2.19. The maximum atomic E-state index is 13.8. The van der Waals surface area contributed by atoms with E-state index in [1.807, 2.05) is 6.07 Å². The number of rotatable bonds is 3. The molecular weight excluding hydrogens is 261 g/mol. The molecule has 104 valence electrons. The van der Waals surface area contributed by atoms with Gasteiger partial charge in [0.05, 0.1) is 18.2 Å². The number of halogens is 1. The summed E-state index contributed by atoms with van der Waals surface area (Å²) >= 11 is 0. The largest absolute Gasteiger partial charge is 0.325 e. The molecule has 1 unspecified atom stereocenters. The predicted molar refractivity (Wildman–Crippen MR) is 68.9 cm³/mol. The van der Waals surface area contributed by atoms with Crippen LogP contribution in [0, 0.1) is 17.1 Å². The van der Waals surface area contributed by atoms with Gasteiger partial charge in [0.2, 0.25) is 0 Å². The van der Waals surface area contributed by atoms with Crippen molar-refractivity contribution < 1.29 is 14.0 Å². The van der Waals surface area contributed by atoms with Crippen molar-refractivity contribution in [3.63, 3.8) is 0 Å². The highest BCUT2D eigenvalue weighted by Gasteiger charge is 2.46. The monoisotopic (exact) mass is 275 g/mol. The molecule has 0 aromatic heterocycles. The van der Waals surface area contributed by atoms with Gasteiger partial charge in [-0.05, 0) is 25.5 Å². The molecule has 1 atom stereocenters. The predicted octanol–water partition coefficient (Wildman–Crippen LogP) is 1.92. The summed E-state index contributed by atoms with van der Waals surface area (Å²) in [5.74, 6) is -0.969. The Bertz CT molecular complexity index is 623. The third-order valence-electron chi connectivity index (χ3n) is 3.56. The SMILES string of the molecule is CCC1(C)NC(=O)N(Cc2ccc(C#N)cc2F)C1=O. The first-order chi connectivity index (χ1) is 9.41. The summed E-state index contributed by atoms with van der Waals surface area (Å²) in [5, 5.41) is 11.3. The van der Waals surface area contributed by atoms with Crippen LogP contribution in [0.25, 0.3) is 0 Å². The molecule has 1 aromatic rings. The first kappa shape index (κ1) is 14.0. The van der Waals surface area contributed by atoms with Crippen molar-refractivity contribution in [1.82, 2.24) is 10.2 Å². The molecule has 0 aliphatic carbocycles. The number of nitrogens with one attached hydrogen (secondary N) is 1. The summed E-state index contributed by atoms with van der Waals surface area (Å²) in [6.07, 6.45) is 0.462. The molecule has 1 saturated heterocycles. The number of hydrogen-bond donors (Lipinski definition) is 1. The highest BCUT2D eigenvalue weighted by atomic mass is 19.1. The molecule has 1 aliphatic heterocycles. The number of hydrogen-bond acceptors (Lipinski definition) is 3. The van der Waals surface area contributed by atoms with Crippen molar-refractivity contribution >= 4 is 11.9 Å². The van der Waals surface area contributed by atoms with Gasteiger partial charge in [-0.1, -0.05) is 13.0 Å². The molecule has 2 rings (SSSR count). The average molecular weight is 275 g/mol. The average Bonchev–Trinajstić information content (AvgIpc) is 2.65. The minimum absolute atomic E-state index is 0.141. The standard InChI is InChI=1S/C14H14FN3O2/c1-3-14(2)12(19)18(13(20)17-14)8-10-5-4-9(7-16)6-11(10)15/h4-6H,3,8H2,1-2H3,(H,17,20). The molecular formula is C14H14FN3O2. The molecule has 20 heavy (non-hydrogen) atoms. The normalized spacial score (nSPS) is 21.8. The van der Waals surface area contributed by atoms with E-state index in [4.69, 9.17) is 5.26 Å². The third kappa shape index (κ3) is 2.23. The van der Waals surface area contributed by atoms with Gasteiger partial charge in [0, 0.05) is 5.56 Å². The Kier molecular flexibility index (Phi) is 3.45. The molecule has 6 heteroatoms. The van der Waals surface area contributed by atoms with Gasteiger partial charge in [-0.25, -0.2) is 9.18 Å². The lowest BCUT2D eigenvalue weighted by molar-refractivity contribution is -0.131. The molecule has 0 spiro atoms. The lowest BCUT2D eigenvalue weighted by atomic mass is 9.99. The van der Waals surface area contributed by atoms with E-state index >= 15 is 0 Å². The quantitative estimate of drug-likeness (QED) is 0.856. The van der Waals surface area contributed by atoms with E-state index in [9.17, 15) is 14.0 Å². The number of carbonyl (C=O) groups excluding carboxylic acids is 2. The van der Waals surface area contributed by atoms with Crippen LogP contribution in [0.1, 0.15) is 31.4 Å². The van der Waals surface area contributed by atoms with E-state index < -0.39 is 17.4 Å². The second kappa shape index (κ2) is 4.93. The topological polar surface area (TPSA) is 73.2 Å². The van der Waals surface area contributed by atoms with Crippen LogP contribution in [0.2, 0.25) is 0 Å². The molecule has 3 amide bonds. The van der Waals surface area contributed by atoms with Crippen LogP contribution in [-0.4, -0.2) is 22.4 Å². The molecule has 0 radical (unpaired) electrons. The molecule has 1 heterocycles. The number of benzene rings is 1. The van der Waals surface area contributed by atoms with Gasteiger partial charge < -0.3 is 5.32 Å². The Morgan fingerprint density at radius 1 is 1.45 bits per heavy atom. The van der Waals surface area contributed by atoms with Crippen molar-refractivity contribution in [2.75, 3.05) is 0 Å². The fourth-order valence-electron chi connectivity index (χ4n) is 2.05. The number of nitrogens with zero attached hydrogens (tertiary/aromatic N) is 2. The maximum Gasteiger partial charge on any atom is 0.325 e. The van der Waals surface area contributed by atoms with Gasteiger partial charge >= 0.3 is 6.03 Å². The van der Waals surface area contributed by atoms with Crippen LogP contribution in [0.5, 0.6) is 0 Å². The van der Waals surface area contributed by atoms with Crippen molar-refractivity contribution in [2.45, 2.75) is 32.4 Å². The molecule has 1 N–H and O–H groups in total. The lowest BCUT2D eigenvalue weighted by Crippen LogP contribution is -2.43. The molecule has 1 aromatic carbocycles. The Morgan fingerprint density at radius 2 is 2.15 bits per heavy atom. The van der Waals surface area contributed by atoms with Crippen LogP contribution in [0.4, 0.5) is 9.18 Å². The van der Waals surface area contributed by atoms with E-state index in [2.05, 4.69) is 5.32 Å². The number of urea groups is 1. The summed E-state index contributed by atoms with van der Waals surface area (Å²) in [5.41, 5.74) is -0.533. The first-order valence-corrected chi connectivity index (χ1v) is 6.24. The molecule has 0 saturated carbocycles. The Balaban J connectivity index is 2.25. The fourth-order valence-corrected chi connectivity index (χ4v) is 2.05. The zero-order valence-electron chi connectivity index (χ0n) is 11.2. The minimum atomic E-state index is -0.930. The summed E-state index contributed by atoms with van der Waals surface area (Å²) < 4.78 is 13.8. The minimum Gasteiger partial charge on any atom is -0.323 e. The number of imide groups is 1. The van der Waals surface area contributed by atoms with Gasteiger partial charge in [-0.3, -0.25) is 9.69 Å². The second-order valence-electron chi connectivity index (χ2n) is 4.93. The van der Waals surface area contributed by atoms with Gasteiger partial charge in [-0.2, -0.15) is 5.26 Å². The zero-order valence-corrected chi connectivity index (χ0v) is 11.2. The van der Waals surface area contributed by atoms with E-state index in [0.717, 1.165) is 11.0 Å². The first-order valence-electron chi connectivity index (χ1n) is 6.24. The smallest absolute Gasteiger partial charge is 0.323 e. The van der Waals surface area contributed by atoms with Gasteiger partial charge in [0.1, 0.15) is 11.4 Å². The van der Waals surface area contributed by atoms with Gasteiger partial charge in [0.25, 0.3) is 5.91 Å². The number of nitriles is 1. The Labute approximate surface area is 116 Å². The molecule has 5 nitrogen and oxygen atoms in total. The van der Waals surface area contributed by atoms with Gasteiger partial charge in [0.15, 0.2) is 0 Å². The van der Waals surface area contributed by atoms with E-state index in [1.54, 1.807) is 13.8 Å². The van der Waals surface area contributed by atoms with Crippen LogP contribution < -0.4 is 5.32 Å². The van der Waals surface area contributed by atoms with Crippen LogP contribution >= 0.6 is 0 Å². The van der Waals surface area contributed by atoms with Crippen molar-refractivity contribution in [3.05, 3.63) is 35.1 Å². The highest BCUT2D eigenvalue weighted by molar-refractivity contribution is 6.06. The summed E-state index contributed by atoms with van der Waals surface area (Å²) in [7, 11) is 0. The highest BCUT2D eigenvalue weighted by Crippen LogP contribution is 2.23. The van der Waals surface area contributed by atoms with Crippen LogP contribution in [0.15, 0.2) is 18.2 Å². The summed E-state index contributed by atoms with van der Waals surface area (Å²) in [4.78, 5) is 25.0. The van der Waals surface area contributed by atoms with E-state index in [0.29, 0.717) is 6.42 Å². The molecule has 1 aliphatic rings. The zero-order chi connectivity index (χ0) is 14.9. The summed E-state index contributed by atoms with van der Waals surface area (Å²) in [6, 6.07) is 5.26. The number of carbonyl (C=O) groups is 2.